The maximum atomic E-state index is 11.5. The van der Waals surface area contributed by atoms with Gasteiger partial charge in [-0.15, -0.1) is 6.58 Å². The van der Waals surface area contributed by atoms with Gasteiger partial charge in [0, 0.05) is 0 Å². The fraction of sp³-hybridized carbons (Fsp3) is 0.636. The third-order valence-corrected chi connectivity index (χ3v) is 1.51. The first-order valence-electron chi connectivity index (χ1n) is 4.83. The smallest absolute Gasteiger partial charge is 0.350 e. The van der Waals surface area contributed by atoms with E-state index in [1.54, 1.807) is 13.8 Å². The molecule has 0 atom stereocenters. The molecule has 0 radical (unpaired) electrons. The van der Waals surface area contributed by atoms with Crippen LogP contribution in [0.1, 0.15) is 34.1 Å². The summed E-state index contributed by atoms with van der Waals surface area (Å²) in [6.45, 7) is 9.88. The van der Waals surface area contributed by atoms with E-state index < -0.39 is 17.5 Å². The van der Waals surface area contributed by atoms with Crippen LogP contribution in [0.4, 0.5) is 0 Å². The summed E-state index contributed by atoms with van der Waals surface area (Å²) in [5.74, 6) is -1.04. The van der Waals surface area contributed by atoms with Gasteiger partial charge >= 0.3 is 11.9 Å². The average molecular weight is 214 g/mol. The first-order chi connectivity index (χ1) is 6.79. The number of esters is 2. The van der Waals surface area contributed by atoms with Crippen LogP contribution < -0.4 is 0 Å². The molecule has 0 spiro atoms. The van der Waals surface area contributed by atoms with Crippen LogP contribution in [-0.2, 0) is 19.1 Å². The Morgan fingerprint density at radius 3 is 2.33 bits per heavy atom. The summed E-state index contributed by atoms with van der Waals surface area (Å²) in [5, 5.41) is 0. The lowest BCUT2D eigenvalue weighted by atomic mass is 10.1. The highest BCUT2D eigenvalue weighted by Crippen LogP contribution is 2.14. The molecule has 0 aliphatic carbocycles. The average Bonchev–Trinajstić information content (AvgIpc) is 2.01. The van der Waals surface area contributed by atoms with Crippen molar-refractivity contribution < 1.29 is 19.1 Å². The summed E-state index contributed by atoms with van der Waals surface area (Å²) in [5.41, 5.74) is -1.25. The minimum absolute atomic E-state index is 0.0817. The van der Waals surface area contributed by atoms with Crippen molar-refractivity contribution in [2.45, 2.75) is 45.8 Å². The molecule has 4 nitrogen and oxygen atoms in total. The Kier molecular flexibility index (Phi) is 5.05. The Morgan fingerprint density at radius 2 is 1.93 bits per heavy atom. The molecule has 0 rings (SSSR count). The van der Waals surface area contributed by atoms with Crippen molar-refractivity contribution in [3.8, 4) is 0 Å². The van der Waals surface area contributed by atoms with Crippen LogP contribution in [0.2, 0.25) is 0 Å². The molecule has 0 aromatic carbocycles. The van der Waals surface area contributed by atoms with Crippen molar-refractivity contribution in [2.24, 2.45) is 0 Å². The third kappa shape index (κ3) is 5.20. The van der Waals surface area contributed by atoms with Gasteiger partial charge < -0.3 is 9.47 Å². The van der Waals surface area contributed by atoms with Crippen molar-refractivity contribution in [1.29, 1.82) is 0 Å². The standard InChI is InChI=1S/C11H18O4/c1-6-7-9(12)15-11(4,5)10(13)14-8(2)3/h6,8H,1,7H2,2-5H3. The van der Waals surface area contributed by atoms with E-state index in [-0.39, 0.29) is 12.5 Å². The minimum Gasteiger partial charge on any atom is -0.460 e. The molecular weight excluding hydrogens is 196 g/mol. The topological polar surface area (TPSA) is 52.6 Å². The second-order valence-electron chi connectivity index (χ2n) is 3.93. The molecule has 0 bridgehead atoms. The molecule has 0 fully saturated rings. The van der Waals surface area contributed by atoms with Crippen LogP contribution in [-0.4, -0.2) is 23.6 Å². The first-order valence-corrected chi connectivity index (χ1v) is 4.83. The van der Waals surface area contributed by atoms with Gasteiger partial charge in [0.15, 0.2) is 0 Å². The monoisotopic (exact) mass is 214 g/mol. The van der Waals surface area contributed by atoms with Gasteiger partial charge in [0.2, 0.25) is 5.60 Å². The molecule has 0 heterocycles. The third-order valence-electron chi connectivity index (χ3n) is 1.51. The van der Waals surface area contributed by atoms with Crippen molar-refractivity contribution in [2.75, 3.05) is 0 Å². The highest BCUT2D eigenvalue weighted by molar-refractivity contribution is 5.83. The van der Waals surface area contributed by atoms with Gasteiger partial charge in [-0.3, -0.25) is 4.79 Å². The van der Waals surface area contributed by atoms with Crippen LogP contribution in [0.3, 0.4) is 0 Å². The van der Waals surface area contributed by atoms with Gasteiger partial charge in [0.1, 0.15) is 0 Å². The highest BCUT2D eigenvalue weighted by Gasteiger charge is 2.33. The van der Waals surface area contributed by atoms with E-state index in [2.05, 4.69) is 6.58 Å². The molecule has 0 aromatic heterocycles. The number of ether oxygens (including phenoxy) is 2. The zero-order valence-corrected chi connectivity index (χ0v) is 9.70. The molecule has 0 aromatic rings. The Balaban J connectivity index is 4.33. The van der Waals surface area contributed by atoms with E-state index in [0.717, 1.165) is 0 Å². The predicted octanol–water partition coefficient (Wildman–Crippen LogP) is 1.84. The molecule has 0 N–H and O–H groups in total. The summed E-state index contributed by atoms with van der Waals surface area (Å²) in [6.07, 6.45) is 1.28. The molecule has 0 unspecified atom stereocenters. The van der Waals surface area contributed by atoms with E-state index in [4.69, 9.17) is 9.47 Å². The first kappa shape index (κ1) is 13.7. The van der Waals surface area contributed by atoms with Gasteiger partial charge in [0.05, 0.1) is 12.5 Å². The normalized spacial score (nSPS) is 11.0. The Labute approximate surface area is 90.2 Å². The van der Waals surface area contributed by atoms with Crippen LogP contribution in [0.15, 0.2) is 12.7 Å². The highest BCUT2D eigenvalue weighted by atomic mass is 16.6. The van der Waals surface area contributed by atoms with Crippen molar-refractivity contribution >= 4 is 11.9 Å². The molecule has 0 aliphatic rings. The minimum atomic E-state index is -1.25. The van der Waals surface area contributed by atoms with Crippen LogP contribution in [0.25, 0.3) is 0 Å². The zero-order chi connectivity index (χ0) is 12.1. The van der Waals surface area contributed by atoms with Crippen LogP contribution >= 0.6 is 0 Å². The SMILES string of the molecule is C=CCC(=O)OC(C)(C)C(=O)OC(C)C. The van der Waals surface area contributed by atoms with Gasteiger partial charge in [-0.1, -0.05) is 6.08 Å². The number of rotatable bonds is 5. The van der Waals surface area contributed by atoms with E-state index in [1.807, 2.05) is 0 Å². The predicted molar refractivity (Wildman–Crippen MR) is 56.2 cm³/mol. The van der Waals surface area contributed by atoms with Gasteiger partial charge in [-0.25, -0.2) is 4.79 Å². The van der Waals surface area contributed by atoms with E-state index in [9.17, 15) is 9.59 Å². The number of hydrogen-bond donors (Lipinski definition) is 0. The van der Waals surface area contributed by atoms with E-state index in [0.29, 0.717) is 0 Å². The second-order valence-corrected chi connectivity index (χ2v) is 3.93. The lowest BCUT2D eigenvalue weighted by Gasteiger charge is -2.23. The fourth-order valence-corrected chi connectivity index (χ4v) is 0.842. The largest absolute Gasteiger partial charge is 0.460 e. The second kappa shape index (κ2) is 5.53. The molecule has 0 aliphatic heterocycles. The van der Waals surface area contributed by atoms with Crippen molar-refractivity contribution in [3.63, 3.8) is 0 Å². The fourth-order valence-electron chi connectivity index (χ4n) is 0.842. The van der Waals surface area contributed by atoms with E-state index >= 15 is 0 Å². The molecule has 15 heavy (non-hydrogen) atoms. The summed E-state index contributed by atoms with van der Waals surface area (Å²) < 4.78 is 9.91. The molecule has 86 valence electrons. The van der Waals surface area contributed by atoms with Crippen molar-refractivity contribution in [3.05, 3.63) is 12.7 Å². The number of carbonyl (C=O) groups is 2. The number of carbonyl (C=O) groups excluding carboxylic acids is 2. The summed E-state index contributed by atoms with van der Waals surface area (Å²) >= 11 is 0. The molecule has 0 amide bonds. The lowest BCUT2D eigenvalue weighted by Crippen LogP contribution is -2.39. The van der Waals surface area contributed by atoms with Crippen LogP contribution in [0, 0.1) is 0 Å². The molecule has 4 heteroatoms. The van der Waals surface area contributed by atoms with E-state index in [1.165, 1.54) is 19.9 Å². The summed E-state index contributed by atoms with van der Waals surface area (Å²) in [6, 6.07) is 0. The van der Waals surface area contributed by atoms with Gasteiger partial charge in [-0.05, 0) is 27.7 Å². The lowest BCUT2D eigenvalue weighted by molar-refractivity contribution is -0.180. The quantitative estimate of drug-likeness (QED) is 0.517. The maximum Gasteiger partial charge on any atom is 0.350 e. The Morgan fingerprint density at radius 1 is 1.40 bits per heavy atom. The van der Waals surface area contributed by atoms with Crippen LogP contribution in [0.5, 0.6) is 0 Å². The zero-order valence-electron chi connectivity index (χ0n) is 9.70. The number of hydrogen-bond acceptors (Lipinski definition) is 4. The Bertz CT molecular complexity index is 253. The molecule has 0 saturated carbocycles. The maximum absolute atomic E-state index is 11.5. The molecular formula is C11H18O4. The van der Waals surface area contributed by atoms with Gasteiger partial charge in [-0.2, -0.15) is 0 Å². The molecule has 0 saturated heterocycles. The Hall–Kier alpha value is -1.32. The van der Waals surface area contributed by atoms with Crippen molar-refractivity contribution in [1.82, 2.24) is 0 Å². The van der Waals surface area contributed by atoms with Gasteiger partial charge in [0.25, 0.3) is 0 Å². The summed E-state index contributed by atoms with van der Waals surface area (Å²) in [4.78, 5) is 22.6. The summed E-state index contributed by atoms with van der Waals surface area (Å²) in [7, 11) is 0.